The van der Waals surface area contributed by atoms with Crippen molar-refractivity contribution in [1.29, 1.82) is 0 Å². The van der Waals surface area contributed by atoms with Gasteiger partial charge in [-0.2, -0.15) is 13.2 Å². The number of rotatable bonds is 6. The summed E-state index contributed by atoms with van der Waals surface area (Å²) < 4.78 is 36.1. The Morgan fingerprint density at radius 2 is 2.00 bits per heavy atom. The largest absolute Gasteiger partial charge is 0.441 e. The van der Waals surface area contributed by atoms with Crippen LogP contribution in [0, 0.1) is 11.8 Å². The molecule has 1 aliphatic carbocycles. The van der Waals surface area contributed by atoms with E-state index in [1.165, 1.54) is 0 Å². The van der Waals surface area contributed by atoms with E-state index in [1.807, 2.05) is 0 Å². The SMILES string of the molecule is CCCNC1CCC(CCSC(F)(F)F)C1C. The van der Waals surface area contributed by atoms with Gasteiger partial charge in [0.25, 0.3) is 0 Å². The average Bonchev–Trinajstić information content (AvgIpc) is 2.56. The molecule has 0 saturated heterocycles. The highest BCUT2D eigenvalue weighted by Gasteiger charge is 2.33. The van der Waals surface area contributed by atoms with Gasteiger partial charge in [0.1, 0.15) is 0 Å². The van der Waals surface area contributed by atoms with E-state index < -0.39 is 5.51 Å². The van der Waals surface area contributed by atoms with E-state index in [0.717, 1.165) is 25.8 Å². The summed E-state index contributed by atoms with van der Waals surface area (Å²) in [5, 5.41) is 3.49. The minimum Gasteiger partial charge on any atom is -0.314 e. The van der Waals surface area contributed by atoms with Gasteiger partial charge >= 0.3 is 5.51 Å². The summed E-state index contributed by atoms with van der Waals surface area (Å²) in [6.45, 7) is 5.31. The van der Waals surface area contributed by atoms with Crippen LogP contribution in [0.5, 0.6) is 0 Å². The van der Waals surface area contributed by atoms with Gasteiger partial charge in [-0.25, -0.2) is 0 Å². The third kappa shape index (κ3) is 5.51. The van der Waals surface area contributed by atoms with E-state index in [9.17, 15) is 13.2 Å². The van der Waals surface area contributed by atoms with E-state index in [1.54, 1.807) is 0 Å². The molecular formula is C12H22F3NS. The molecule has 0 bridgehead atoms. The number of nitrogens with one attached hydrogen (secondary N) is 1. The highest BCUT2D eigenvalue weighted by Crippen LogP contribution is 2.37. The minimum absolute atomic E-state index is 0.121. The standard InChI is InChI=1S/C12H22F3NS/c1-3-7-16-11-5-4-10(9(11)2)6-8-17-12(13,14)15/h9-11,16H,3-8H2,1-2H3. The van der Waals surface area contributed by atoms with Crippen molar-refractivity contribution >= 4 is 11.8 Å². The maximum Gasteiger partial charge on any atom is 0.441 e. The average molecular weight is 269 g/mol. The van der Waals surface area contributed by atoms with Crippen molar-refractivity contribution in [3.05, 3.63) is 0 Å². The number of hydrogen-bond donors (Lipinski definition) is 1. The van der Waals surface area contributed by atoms with E-state index in [0.29, 0.717) is 24.3 Å². The molecule has 1 saturated carbocycles. The van der Waals surface area contributed by atoms with Gasteiger partial charge in [-0.05, 0) is 44.1 Å². The molecule has 1 rings (SSSR count). The summed E-state index contributed by atoms with van der Waals surface area (Å²) in [4.78, 5) is 0. The van der Waals surface area contributed by atoms with Crippen molar-refractivity contribution in [2.45, 2.75) is 51.1 Å². The highest BCUT2D eigenvalue weighted by molar-refractivity contribution is 8.00. The highest BCUT2D eigenvalue weighted by atomic mass is 32.2. The molecule has 0 spiro atoms. The van der Waals surface area contributed by atoms with E-state index in [4.69, 9.17) is 0 Å². The zero-order chi connectivity index (χ0) is 12.9. The van der Waals surface area contributed by atoms with Gasteiger partial charge < -0.3 is 5.32 Å². The normalized spacial score (nSPS) is 29.8. The molecule has 1 aliphatic rings. The Balaban J connectivity index is 2.23. The predicted molar refractivity (Wildman–Crippen MR) is 67.1 cm³/mol. The first kappa shape index (κ1) is 15.2. The van der Waals surface area contributed by atoms with Crippen LogP contribution in [0.3, 0.4) is 0 Å². The van der Waals surface area contributed by atoms with Gasteiger partial charge in [0.05, 0.1) is 0 Å². The zero-order valence-corrected chi connectivity index (χ0v) is 11.3. The van der Waals surface area contributed by atoms with Crippen LogP contribution >= 0.6 is 11.8 Å². The Bertz CT molecular complexity index is 220. The van der Waals surface area contributed by atoms with Gasteiger partial charge in [0.15, 0.2) is 0 Å². The van der Waals surface area contributed by atoms with Gasteiger partial charge in [0.2, 0.25) is 0 Å². The van der Waals surface area contributed by atoms with Gasteiger partial charge in [-0.15, -0.1) is 0 Å². The Morgan fingerprint density at radius 3 is 2.59 bits per heavy atom. The van der Waals surface area contributed by atoms with Crippen LogP contribution in [-0.4, -0.2) is 23.8 Å². The van der Waals surface area contributed by atoms with Crippen molar-refractivity contribution in [3.8, 4) is 0 Å². The van der Waals surface area contributed by atoms with E-state index in [2.05, 4.69) is 19.2 Å². The van der Waals surface area contributed by atoms with Crippen LogP contribution < -0.4 is 5.32 Å². The molecule has 3 unspecified atom stereocenters. The summed E-state index contributed by atoms with van der Waals surface area (Å²) in [6.07, 6.45) is 3.98. The van der Waals surface area contributed by atoms with Crippen molar-refractivity contribution < 1.29 is 13.2 Å². The molecule has 0 aliphatic heterocycles. The van der Waals surface area contributed by atoms with Crippen LogP contribution in [0.2, 0.25) is 0 Å². The van der Waals surface area contributed by atoms with E-state index >= 15 is 0 Å². The molecule has 0 aromatic carbocycles. The molecule has 0 aromatic rings. The smallest absolute Gasteiger partial charge is 0.314 e. The maximum absolute atomic E-state index is 12.0. The summed E-state index contributed by atoms with van der Waals surface area (Å²) in [5.74, 6) is 1.17. The van der Waals surface area contributed by atoms with Crippen LogP contribution in [0.15, 0.2) is 0 Å². The summed E-state index contributed by atoms with van der Waals surface area (Å²) >= 11 is 0.121. The monoisotopic (exact) mass is 269 g/mol. The molecular weight excluding hydrogens is 247 g/mol. The summed E-state index contributed by atoms with van der Waals surface area (Å²) in [5.41, 5.74) is -4.07. The molecule has 5 heteroatoms. The Morgan fingerprint density at radius 1 is 1.29 bits per heavy atom. The van der Waals surface area contributed by atoms with E-state index in [-0.39, 0.29) is 17.5 Å². The van der Waals surface area contributed by atoms with Crippen molar-refractivity contribution in [1.82, 2.24) is 5.32 Å². The fourth-order valence-electron chi connectivity index (χ4n) is 2.60. The number of halogens is 3. The van der Waals surface area contributed by atoms with Crippen LogP contribution in [-0.2, 0) is 0 Å². The van der Waals surface area contributed by atoms with Crippen molar-refractivity contribution in [3.63, 3.8) is 0 Å². The second kappa shape index (κ2) is 6.88. The Labute approximate surface area is 106 Å². The zero-order valence-electron chi connectivity index (χ0n) is 10.5. The van der Waals surface area contributed by atoms with Gasteiger partial charge in [-0.3, -0.25) is 0 Å². The lowest BCUT2D eigenvalue weighted by atomic mass is 9.93. The quantitative estimate of drug-likeness (QED) is 0.781. The fraction of sp³-hybridized carbons (Fsp3) is 1.00. The second-order valence-corrected chi connectivity index (χ2v) is 6.00. The Kier molecular flexibility index (Phi) is 6.13. The minimum atomic E-state index is -4.07. The molecule has 1 nitrogen and oxygen atoms in total. The molecule has 17 heavy (non-hydrogen) atoms. The molecule has 3 atom stereocenters. The van der Waals surface area contributed by atoms with Crippen LogP contribution in [0.25, 0.3) is 0 Å². The molecule has 0 amide bonds. The molecule has 0 heterocycles. The molecule has 0 aromatic heterocycles. The molecule has 0 radical (unpaired) electrons. The third-order valence-electron chi connectivity index (χ3n) is 3.64. The number of alkyl halides is 3. The first-order valence-electron chi connectivity index (χ1n) is 6.38. The van der Waals surface area contributed by atoms with Gasteiger partial charge in [-0.1, -0.05) is 25.6 Å². The predicted octanol–water partition coefficient (Wildman–Crippen LogP) is 4.04. The topological polar surface area (TPSA) is 12.0 Å². The first-order chi connectivity index (χ1) is 7.94. The maximum atomic E-state index is 12.0. The van der Waals surface area contributed by atoms with Gasteiger partial charge in [0, 0.05) is 11.8 Å². The molecule has 1 fully saturated rings. The summed E-state index contributed by atoms with van der Waals surface area (Å²) in [7, 11) is 0. The molecule has 1 N–H and O–H groups in total. The third-order valence-corrected chi connectivity index (χ3v) is 4.40. The fourth-order valence-corrected chi connectivity index (χ4v) is 3.25. The number of hydrogen-bond acceptors (Lipinski definition) is 2. The lowest BCUT2D eigenvalue weighted by molar-refractivity contribution is -0.0328. The first-order valence-corrected chi connectivity index (χ1v) is 7.36. The molecule has 102 valence electrons. The van der Waals surface area contributed by atoms with Crippen LogP contribution in [0.4, 0.5) is 13.2 Å². The van der Waals surface area contributed by atoms with Crippen molar-refractivity contribution in [2.75, 3.05) is 12.3 Å². The number of thioether (sulfide) groups is 1. The summed E-state index contributed by atoms with van der Waals surface area (Å²) in [6, 6.07) is 0.510. The van der Waals surface area contributed by atoms with Crippen molar-refractivity contribution in [2.24, 2.45) is 11.8 Å². The lowest BCUT2D eigenvalue weighted by Gasteiger charge is -2.21. The lowest BCUT2D eigenvalue weighted by Crippen LogP contribution is -2.33. The second-order valence-electron chi connectivity index (χ2n) is 4.84. The Hall–Kier alpha value is 0.100. The van der Waals surface area contributed by atoms with Crippen LogP contribution in [0.1, 0.15) is 39.5 Å².